The molecule has 0 saturated heterocycles. The van der Waals surface area contributed by atoms with E-state index in [0.29, 0.717) is 0 Å². The van der Waals surface area contributed by atoms with Crippen LogP contribution in [0.4, 0.5) is 17.1 Å². The number of benzene rings is 10. The fourth-order valence-corrected chi connectivity index (χ4v) is 9.14. The zero-order chi connectivity index (χ0) is 38.9. The van der Waals surface area contributed by atoms with Gasteiger partial charge in [-0.3, -0.25) is 0 Å². The van der Waals surface area contributed by atoms with Crippen molar-refractivity contribution in [3.8, 4) is 33.4 Å². The first kappa shape index (κ1) is 33.3. The average Bonchev–Trinajstić information content (AvgIpc) is 3.91. The highest BCUT2D eigenvalue weighted by molar-refractivity contribution is 6.25. The molecule has 2 aromatic heterocycles. The minimum atomic E-state index is 0.845. The van der Waals surface area contributed by atoms with E-state index < -0.39 is 0 Å². The Morgan fingerprint density at radius 1 is 0.288 bits per heavy atom. The third-order valence-corrected chi connectivity index (χ3v) is 11.8. The SMILES string of the molecule is c1ccc(-c2cc3ccccc3c3c2oc2c(-c4ccc(N(c5ccccc5)c5cccc6c5oc5c(-c7ccccc7)cc7ccccc7c56)cc4)cccc23)cc1. The van der Waals surface area contributed by atoms with Crippen molar-refractivity contribution in [3.63, 3.8) is 0 Å². The first-order valence-corrected chi connectivity index (χ1v) is 20.1. The third-order valence-electron chi connectivity index (χ3n) is 11.8. The van der Waals surface area contributed by atoms with Crippen LogP contribution in [0.5, 0.6) is 0 Å². The molecule has 12 rings (SSSR count). The summed E-state index contributed by atoms with van der Waals surface area (Å²) in [5.74, 6) is 0. The summed E-state index contributed by atoms with van der Waals surface area (Å²) >= 11 is 0. The maximum absolute atomic E-state index is 7.09. The second kappa shape index (κ2) is 13.4. The van der Waals surface area contributed by atoms with E-state index in [-0.39, 0.29) is 0 Å². The van der Waals surface area contributed by atoms with Gasteiger partial charge in [-0.1, -0.05) is 170 Å². The molecule has 0 saturated carbocycles. The molecule has 3 nitrogen and oxygen atoms in total. The number of hydrogen-bond acceptors (Lipinski definition) is 3. The number of rotatable bonds is 6. The highest BCUT2D eigenvalue weighted by Gasteiger charge is 2.23. The monoisotopic (exact) mass is 753 g/mol. The zero-order valence-electron chi connectivity index (χ0n) is 32.0. The highest BCUT2D eigenvalue weighted by Crippen LogP contribution is 2.48. The second-order valence-electron chi connectivity index (χ2n) is 15.2. The third kappa shape index (κ3) is 5.29. The van der Waals surface area contributed by atoms with Crippen LogP contribution in [0.15, 0.2) is 221 Å². The van der Waals surface area contributed by atoms with Crippen LogP contribution < -0.4 is 4.90 Å². The fourth-order valence-electron chi connectivity index (χ4n) is 9.14. The van der Waals surface area contributed by atoms with E-state index in [4.69, 9.17) is 8.83 Å². The van der Waals surface area contributed by atoms with Crippen molar-refractivity contribution >= 4 is 82.5 Å². The topological polar surface area (TPSA) is 29.5 Å². The molecule has 0 atom stereocenters. The molecule has 10 aromatic carbocycles. The van der Waals surface area contributed by atoms with Gasteiger partial charge in [-0.15, -0.1) is 0 Å². The largest absolute Gasteiger partial charge is 0.455 e. The van der Waals surface area contributed by atoms with Crippen LogP contribution in [0.2, 0.25) is 0 Å². The van der Waals surface area contributed by atoms with Gasteiger partial charge in [-0.2, -0.15) is 0 Å². The Morgan fingerprint density at radius 3 is 1.32 bits per heavy atom. The lowest BCUT2D eigenvalue weighted by Crippen LogP contribution is -2.10. The van der Waals surface area contributed by atoms with Crippen molar-refractivity contribution in [1.82, 2.24) is 0 Å². The van der Waals surface area contributed by atoms with E-state index in [0.717, 1.165) is 94.3 Å². The quantitative estimate of drug-likeness (QED) is 0.169. The number of anilines is 3. The molecule has 3 heteroatoms. The van der Waals surface area contributed by atoms with E-state index in [2.05, 4.69) is 217 Å². The number of fused-ring (bicyclic) bond motifs is 10. The maximum atomic E-state index is 7.09. The Morgan fingerprint density at radius 2 is 0.729 bits per heavy atom. The summed E-state index contributed by atoms with van der Waals surface area (Å²) in [6.07, 6.45) is 0. The molecule has 59 heavy (non-hydrogen) atoms. The fraction of sp³-hybridized carbons (Fsp3) is 0. The van der Waals surface area contributed by atoms with Crippen molar-refractivity contribution in [2.45, 2.75) is 0 Å². The molecular weight excluding hydrogens is 719 g/mol. The Kier molecular flexibility index (Phi) is 7.54. The smallest absolute Gasteiger partial charge is 0.159 e. The minimum Gasteiger partial charge on any atom is -0.455 e. The Labute approximate surface area is 340 Å². The first-order chi connectivity index (χ1) is 29.3. The summed E-state index contributed by atoms with van der Waals surface area (Å²) in [5, 5.41) is 9.22. The molecule has 0 aliphatic rings. The molecule has 2 heterocycles. The zero-order valence-corrected chi connectivity index (χ0v) is 32.0. The van der Waals surface area contributed by atoms with Crippen LogP contribution in [-0.2, 0) is 0 Å². The molecule has 0 unspecified atom stereocenters. The standard InChI is InChI=1S/C56H35NO2/c1-4-16-36(17-5-1)48-34-39-20-10-12-24-43(39)51-46-27-14-26-45(53(46)58-55(48)51)38-30-32-42(33-31-38)57(41-22-8-3-9-23-41)50-29-15-28-47-52-44-25-13-11-21-40(44)35-49(56(52)59-54(47)50)37-18-6-2-7-19-37/h1-35H. The summed E-state index contributed by atoms with van der Waals surface area (Å²) in [5.41, 5.74) is 13.2. The lowest BCUT2D eigenvalue weighted by atomic mass is 9.95. The lowest BCUT2D eigenvalue weighted by molar-refractivity contribution is 0.670. The number of nitrogens with zero attached hydrogens (tertiary/aromatic N) is 1. The number of para-hydroxylation sites is 3. The lowest BCUT2D eigenvalue weighted by Gasteiger charge is -2.25. The molecule has 0 radical (unpaired) electrons. The van der Waals surface area contributed by atoms with Gasteiger partial charge in [-0.05, 0) is 80.7 Å². The van der Waals surface area contributed by atoms with Crippen LogP contribution >= 0.6 is 0 Å². The summed E-state index contributed by atoms with van der Waals surface area (Å²) in [7, 11) is 0. The molecular formula is C56H35NO2. The van der Waals surface area contributed by atoms with Crippen LogP contribution in [0.3, 0.4) is 0 Å². The first-order valence-electron chi connectivity index (χ1n) is 20.1. The minimum absolute atomic E-state index is 0.845. The predicted octanol–water partition coefficient (Wildman–Crippen LogP) is 16.3. The molecule has 0 aliphatic carbocycles. The molecule has 276 valence electrons. The molecule has 0 N–H and O–H groups in total. The number of hydrogen-bond donors (Lipinski definition) is 0. The van der Waals surface area contributed by atoms with E-state index in [1.807, 2.05) is 0 Å². The van der Waals surface area contributed by atoms with Gasteiger partial charge in [0.1, 0.15) is 16.7 Å². The van der Waals surface area contributed by atoms with Crippen molar-refractivity contribution in [2.24, 2.45) is 0 Å². The highest BCUT2D eigenvalue weighted by atomic mass is 16.3. The second-order valence-corrected chi connectivity index (χ2v) is 15.2. The average molecular weight is 754 g/mol. The van der Waals surface area contributed by atoms with Gasteiger partial charge in [-0.25, -0.2) is 0 Å². The van der Waals surface area contributed by atoms with E-state index in [1.54, 1.807) is 0 Å². The predicted molar refractivity (Wildman–Crippen MR) is 247 cm³/mol. The molecule has 0 aliphatic heterocycles. The Balaban J connectivity index is 1.04. The molecule has 12 aromatic rings. The van der Waals surface area contributed by atoms with Gasteiger partial charge >= 0.3 is 0 Å². The summed E-state index contributed by atoms with van der Waals surface area (Å²) < 4.78 is 14.1. The van der Waals surface area contributed by atoms with Crippen molar-refractivity contribution < 1.29 is 8.83 Å². The van der Waals surface area contributed by atoms with Crippen LogP contribution in [0.1, 0.15) is 0 Å². The maximum Gasteiger partial charge on any atom is 0.159 e. The molecule has 0 fully saturated rings. The normalized spacial score (nSPS) is 11.7. The summed E-state index contributed by atoms with van der Waals surface area (Å²) in [6, 6.07) is 75.3. The molecule has 0 spiro atoms. The van der Waals surface area contributed by atoms with Gasteiger partial charge in [0.15, 0.2) is 5.58 Å². The van der Waals surface area contributed by atoms with Gasteiger partial charge in [0.2, 0.25) is 0 Å². The van der Waals surface area contributed by atoms with Crippen molar-refractivity contribution in [3.05, 3.63) is 212 Å². The van der Waals surface area contributed by atoms with Gasteiger partial charge in [0, 0.05) is 49.6 Å². The van der Waals surface area contributed by atoms with E-state index in [1.165, 1.54) is 21.5 Å². The molecule has 0 bridgehead atoms. The van der Waals surface area contributed by atoms with Crippen LogP contribution in [0.25, 0.3) is 98.8 Å². The summed E-state index contributed by atoms with van der Waals surface area (Å²) in [4.78, 5) is 2.30. The van der Waals surface area contributed by atoms with E-state index in [9.17, 15) is 0 Å². The van der Waals surface area contributed by atoms with Gasteiger partial charge in [0.25, 0.3) is 0 Å². The van der Waals surface area contributed by atoms with Crippen LogP contribution in [-0.4, -0.2) is 0 Å². The van der Waals surface area contributed by atoms with Crippen molar-refractivity contribution in [2.75, 3.05) is 4.90 Å². The van der Waals surface area contributed by atoms with E-state index >= 15 is 0 Å². The van der Waals surface area contributed by atoms with Gasteiger partial charge < -0.3 is 13.7 Å². The Hall–Kier alpha value is -7.88. The molecule has 0 amide bonds. The van der Waals surface area contributed by atoms with Gasteiger partial charge in [0.05, 0.1) is 5.69 Å². The van der Waals surface area contributed by atoms with Crippen LogP contribution in [0, 0.1) is 0 Å². The Bertz CT molecular complexity index is 3530. The summed E-state index contributed by atoms with van der Waals surface area (Å²) in [6.45, 7) is 0. The number of furan rings is 2. The van der Waals surface area contributed by atoms with Crippen molar-refractivity contribution in [1.29, 1.82) is 0 Å².